The quantitative estimate of drug-likeness (QED) is 0.803. The first-order valence-corrected chi connectivity index (χ1v) is 8.99. The summed E-state index contributed by atoms with van der Waals surface area (Å²) in [5, 5.41) is 0. The molecule has 0 radical (unpaired) electrons. The first-order chi connectivity index (χ1) is 10.3. The highest BCUT2D eigenvalue weighted by atomic mass is 32.2. The van der Waals surface area contributed by atoms with Gasteiger partial charge >= 0.3 is 0 Å². The Bertz CT molecular complexity index is 659. The maximum absolute atomic E-state index is 12.2. The van der Waals surface area contributed by atoms with Gasteiger partial charge in [0.2, 0.25) is 11.8 Å². The minimum absolute atomic E-state index is 0.00434. The van der Waals surface area contributed by atoms with E-state index < -0.39 is 9.84 Å². The number of benzene rings is 1. The van der Waals surface area contributed by atoms with Crippen LogP contribution in [0.2, 0.25) is 0 Å². The van der Waals surface area contributed by atoms with E-state index in [2.05, 4.69) is 0 Å². The maximum Gasteiger partial charge on any atom is 0.227 e. The van der Waals surface area contributed by atoms with Gasteiger partial charge < -0.3 is 9.80 Å². The van der Waals surface area contributed by atoms with Crippen LogP contribution in [0.25, 0.3) is 0 Å². The molecule has 0 unspecified atom stereocenters. The predicted octanol–water partition coefficient (Wildman–Crippen LogP) is 0.323. The molecule has 2 rings (SSSR count). The summed E-state index contributed by atoms with van der Waals surface area (Å²) in [5.41, 5.74) is 0.784. The molecule has 1 saturated heterocycles. The third kappa shape index (κ3) is 4.07. The Balaban J connectivity index is 1.94. The van der Waals surface area contributed by atoms with Crippen molar-refractivity contribution in [2.75, 3.05) is 32.4 Å². The van der Waals surface area contributed by atoms with Crippen molar-refractivity contribution < 1.29 is 18.0 Å². The summed E-state index contributed by atoms with van der Waals surface area (Å²) >= 11 is 0. The lowest BCUT2D eigenvalue weighted by molar-refractivity contribution is -0.138. The summed E-state index contributed by atoms with van der Waals surface area (Å²) in [6.07, 6.45) is 1.39. The number of nitrogens with zero attached hydrogens (tertiary/aromatic N) is 2. The zero-order chi connectivity index (χ0) is 16.3. The topological polar surface area (TPSA) is 74.8 Å². The minimum atomic E-state index is -3.22. The fourth-order valence-electron chi connectivity index (χ4n) is 2.41. The van der Waals surface area contributed by atoms with Gasteiger partial charge in [-0.05, 0) is 17.7 Å². The largest absolute Gasteiger partial charge is 0.339 e. The smallest absolute Gasteiger partial charge is 0.227 e. The number of amides is 2. The molecule has 120 valence electrons. The van der Waals surface area contributed by atoms with Crippen LogP contribution in [0.5, 0.6) is 0 Å². The summed E-state index contributed by atoms with van der Waals surface area (Å²) in [7, 11) is -3.22. The van der Waals surface area contributed by atoms with E-state index in [9.17, 15) is 18.0 Å². The van der Waals surface area contributed by atoms with E-state index in [1.54, 1.807) is 21.9 Å². The zero-order valence-corrected chi connectivity index (χ0v) is 13.6. The molecule has 0 aromatic heterocycles. The lowest BCUT2D eigenvalue weighted by Crippen LogP contribution is -2.50. The van der Waals surface area contributed by atoms with Crippen LogP contribution < -0.4 is 0 Å². The zero-order valence-electron chi connectivity index (χ0n) is 12.8. The highest BCUT2D eigenvalue weighted by molar-refractivity contribution is 7.90. The highest BCUT2D eigenvalue weighted by Crippen LogP contribution is 2.12. The van der Waals surface area contributed by atoms with E-state index >= 15 is 0 Å². The lowest BCUT2D eigenvalue weighted by atomic mass is 10.1. The van der Waals surface area contributed by atoms with Crippen LogP contribution in [0.1, 0.15) is 12.5 Å². The van der Waals surface area contributed by atoms with E-state index in [0.717, 1.165) is 11.8 Å². The predicted molar refractivity (Wildman–Crippen MR) is 82.1 cm³/mol. The molecule has 1 heterocycles. The number of hydrogen-bond donors (Lipinski definition) is 0. The Morgan fingerprint density at radius 1 is 1.00 bits per heavy atom. The molecule has 1 aromatic rings. The second-order valence-corrected chi connectivity index (χ2v) is 7.50. The molecule has 2 amide bonds. The van der Waals surface area contributed by atoms with Gasteiger partial charge in [-0.3, -0.25) is 9.59 Å². The highest BCUT2D eigenvalue weighted by Gasteiger charge is 2.22. The first-order valence-electron chi connectivity index (χ1n) is 7.09. The molecular weight excluding hydrogens is 304 g/mol. The molecule has 1 fully saturated rings. The van der Waals surface area contributed by atoms with Gasteiger partial charge in [0.15, 0.2) is 9.84 Å². The monoisotopic (exact) mass is 324 g/mol. The minimum Gasteiger partial charge on any atom is -0.339 e. The molecule has 0 N–H and O–H groups in total. The van der Waals surface area contributed by atoms with Crippen LogP contribution in [-0.4, -0.2) is 62.5 Å². The molecule has 0 spiro atoms. The summed E-state index contributed by atoms with van der Waals surface area (Å²) < 4.78 is 22.8. The Kier molecular flexibility index (Phi) is 4.85. The number of sulfone groups is 1. The Hall–Kier alpha value is -1.89. The van der Waals surface area contributed by atoms with E-state index in [-0.39, 0.29) is 23.1 Å². The standard InChI is InChI=1S/C15H20N2O4S/c1-12(18)16-7-9-17(10-8-16)15(19)11-13-3-5-14(6-4-13)22(2,20)21/h3-6H,7-11H2,1-2H3. The summed E-state index contributed by atoms with van der Waals surface area (Å²) in [6, 6.07) is 6.37. The molecule has 1 aliphatic rings. The van der Waals surface area contributed by atoms with Crippen LogP contribution in [0, 0.1) is 0 Å². The normalized spacial score (nSPS) is 15.7. The molecule has 0 aliphatic carbocycles. The summed E-state index contributed by atoms with van der Waals surface area (Å²) in [4.78, 5) is 27.2. The molecule has 22 heavy (non-hydrogen) atoms. The Morgan fingerprint density at radius 2 is 1.50 bits per heavy atom. The summed E-state index contributed by atoms with van der Waals surface area (Å²) in [5.74, 6) is 0.0266. The van der Waals surface area contributed by atoms with Gasteiger partial charge in [0.05, 0.1) is 11.3 Å². The molecule has 6 nitrogen and oxygen atoms in total. The van der Waals surface area contributed by atoms with Gasteiger partial charge in [-0.15, -0.1) is 0 Å². The van der Waals surface area contributed by atoms with Crippen LogP contribution in [0.15, 0.2) is 29.2 Å². The van der Waals surface area contributed by atoms with E-state index in [1.807, 2.05) is 0 Å². The number of carbonyl (C=O) groups excluding carboxylic acids is 2. The third-order valence-electron chi connectivity index (χ3n) is 3.78. The van der Waals surface area contributed by atoms with Crippen molar-refractivity contribution in [2.45, 2.75) is 18.2 Å². The van der Waals surface area contributed by atoms with Crippen molar-refractivity contribution in [1.29, 1.82) is 0 Å². The lowest BCUT2D eigenvalue weighted by Gasteiger charge is -2.34. The number of piperazine rings is 1. The van der Waals surface area contributed by atoms with Gasteiger partial charge in [0, 0.05) is 39.4 Å². The second kappa shape index (κ2) is 6.48. The summed E-state index contributed by atoms with van der Waals surface area (Å²) in [6.45, 7) is 3.74. The molecule has 0 saturated carbocycles. The van der Waals surface area contributed by atoms with Gasteiger partial charge in [-0.25, -0.2) is 8.42 Å². The van der Waals surface area contributed by atoms with Crippen LogP contribution in [0.4, 0.5) is 0 Å². The molecule has 1 aromatic carbocycles. The molecule has 1 aliphatic heterocycles. The van der Waals surface area contributed by atoms with Crippen molar-refractivity contribution in [2.24, 2.45) is 0 Å². The van der Waals surface area contributed by atoms with Crippen molar-refractivity contribution in [1.82, 2.24) is 9.80 Å². The van der Waals surface area contributed by atoms with Crippen molar-refractivity contribution >= 4 is 21.7 Å². The molecule has 7 heteroatoms. The van der Waals surface area contributed by atoms with Gasteiger partial charge in [0.1, 0.15) is 0 Å². The van der Waals surface area contributed by atoms with Crippen molar-refractivity contribution in [3.63, 3.8) is 0 Å². The first kappa shape index (κ1) is 16.5. The van der Waals surface area contributed by atoms with Crippen LogP contribution >= 0.6 is 0 Å². The molecule has 0 bridgehead atoms. The number of hydrogen-bond acceptors (Lipinski definition) is 4. The fourth-order valence-corrected chi connectivity index (χ4v) is 3.04. The van der Waals surface area contributed by atoms with Crippen LogP contribution in [-0.2, 0) is 25.8 Å². The van der Waals surface area contributed by atoms with E-state index in [1.165, 1.54) is 19.1 Å². The number of rotatable bonds is 3. The van der Waals surface area contributed by atoms with Crippen molar-refractivity contribution in [3.05, 3.63) is 29.8 Å². The Labute approximate surface area is 130 Å². The maximum atomic E-state index is 12.2. The van der Waals surface area contributed by atoms with Gasteiger partial charge in [0.25, 0.3) is 0 Å². The average molecular weight is 324 g/mol. The van der Waals surface area contributed by atoms with Gasteiger partial charge in [-0.1, -0.05) is 12.1 Å². The third-order valence-corrected chi connectivity index (χ3v) is 4.91. The molecular formula is C15H20N2O4S. The van der Waals surface area contributed by atoms with E-state index in [4.69, 9.17) is 0 Å². The van der Waals surface area contributed by atoms with Crippen LogP contribution in [0.3, 0.4) is 0 Å². The average Bonchev–Trinajstić information content (AvgIpc) is 2.47. The SMILES string of the molecule is CC(=O)N1CCN(C(=O)Cc2ccc(S(C)(=O)=O)cc2)CC1. The fraction of sp³-hybridized carbons (Fsp3) is 0.467. The van der Waals surface area contributed by atoms with E-state index in [0.29, 0.717) is 26.2 Å². The number of carbonyl (C=O) groups is 2. The van der Waals surface area contributed by atoms with Gasteiger partial charge in [-0.2, -0.15) is 0 Å². The molecule has 0 atom stereocenters. The second-order valence-electron chi connectivity index (χ2n) is 5.48. The Morgan fingerprint density at radius 3 is 1.95 bits per heavy atom. The van der Waals surface area contributed by atoms with Crippen molar-refractivity contribution in [3.8, 4) is 0 Å².